The van der Waals surface area contributed by atoms with Crippen LogP contribution in [0.4, 0.5) is 0 Å². The fourth-order valence-corrected chi connectivity index (χ4v) is 9.97. The van der Waals surface area contributed by atoms with Crippen LogP contribution in [0.1, 0.15) is 323 Å². The monoisotopic (exact) mass is 890 g/mol. The van der Waals surface area contributed by atoms with Crippen molar-refractivity contribution in [1.82, 2.24) is 5.32 Å². The van der Waals surface area contributed by atoms with Crippen molar-refractivity contribution in [3.63, 3.8) is 0 Å². The minimum atomic E-state index is -1.17. The normalized spacial score (nSPS) is 13.5. The van der Waals surface area contributed by atoms with Gasteiger partial charge in [-0.2, -0.15) is 0 Å². The van der Waals surface area contributed by atoms with Gasteiger partial charge in [0, 0.05) is 11.8 Å². The van der Waals surface area contributed by atoms with Gasteiger partial charge in [0.25, 0.3) is 0 Å². The number of carboxylic acids is 2. The van der Waals surface area contributed by atoms with Crippen molar-refractivity contribution < 1.29 is 24.6 Å². The molecule has 0 saturated heterocycles. The average molecular weight is 891 g/mol. The van der Waals surface area contributed by atoms with E-state index in [4.69, 9.17) is 0 Å². The predicted molar refractivity (Wildman–Crippen MR) is 273 cm³/mol. The topological polar surface area (TPSA) is 104 Å². The first-order valence-electron chi connectivity index (χ1n) is 28.6. The Morgan fingerprint density at radius 2 is 0.603 bits per heavy atom. The minimum Gasteiger partial charge on any atom is -0.481 e. The molecule has 374 valence electrons. The zero-order valence-corrected chi connectivity index (χ0v) is 43.0. The molecule has 0 aromatic heterocycles. The van der Waals surface area contributed by atoms with Gasteiger partial charge in [-0.3, -0.25) is 9.59 Å². The van der Waals surface area contributed by atoms with Gasteiger partial charge in [0.1, 0.15) is 6.04 Å². The summed E-state index contributed by atoms with van der Waals surface area (Å²) in [6, 6.07) is -1.17. The molecule has 3 N–H and O–H groups in total. The zero-order valence-electron chi connectivity index (χ0n) is 43.0. The lowest BCUT2D eigenvalue weighted by Crippen LogP contribution is -2.51. The molecule has 0 saturated carbocycles. The molecule has 6 nitrogen and oxygen atoms in total. The van der Waals surface area contributed by atoms with E-state index in [1.54, 1.807) is 0 Å². The third kappa shape index (κ3) is 39.3. The quantitative estimate of drug-likeness (QED) is 0.0528. The van der Waals surface area contributed by atoms with Crippen LogP contribution < -0.4 is 5.32 Å². The van der Waals surface area contributed by atoms with Crippen LogP contribution in [0.25, 0.3) is 0 Å². The average Bonchev–Trinajstić information content (AvgIpc) is 3.27. The van der Waals surface area contributed by atoms with E-state index in [1.165, 1.54) is 218 Å². The van der Waals surface area contributed by atoms with E-state index in [-0.39, 0.29) is 11.8 Å². The molecule has 0 aromatic rings. The van der Waals surface area contributed by atoms with Crippen LogP contribution in [-0.4, -0.2) is 34.1 Å². The summed E-state index contributed by atoms with van der Waals surface area (Å²) in [4.78, 5) is 39.0. The fourth-order valence-electron chi connectivity index (χ4n) is 9.97. The van der Waals surface area contributed by atoms with Gasteiger partial charge in [-0.05, 0) is 25.7 Å². The maximum Gasteiger partial charge on any atom is 0.326 e. The number of nitrogens with one attached hydrogen (secondary N) is 1. The molecule has 0 aliphatic rings. The second kappa shape index (κ2) is 48.3. The van der Waals surface area contributed by atoms with Crippen LogP contribution >= 0.6 is 0 Å². The van der Waals surface area contributed by atoms with Crippen LogP contribution in [0.3, 0.4) is 0 Å². The molecule has 6 heteroatoms. The fraction of sp³-hybridized carbons (Fsp3) is 0.947. The van der Waals surface area contributed by atoms with Gasteiger partial charge < -0.3 is 15.5 Å². The Balaban J connectivity index is 4.59. The molecule has 0 aliphatic heterocycles. The van der Waals surface area contributed by atoms with Crippen molar-refractivity contribution in [3.8, 4) is 0 Å². The Morgan fingerprint density at radius 3 is 0.857 bits per heavy atom. The lowest BCUT2D eigenvalue weighted by atomic mass is 9.78. The molecule has 0 radical (unpaired) electrons. The standard InChI is InChI=1S/C57H111NO5/c1-5-9-12-14-16-18-20-22-24-26-28-30-32-34-36-38-40-42-44-46-49-52(54(57(62)63)58-55(59)51(8-4)48-11-7-3)53(56(60)61)50-47-45-43-41-39-37-35-33-31-29-27-25-23-21-19-17-15-13-10-6-2/h51-54H,5-50H2,1-4H3,(H,58,59)(H,60,61)(H,62,63). The maximum atomic E-state index is 13.4. The van der Waals surface area contributed by atoms with E-state index in [0.717, 1.165) is 57.8 Å². The van der Waals surface area contributed by atoms with Crippen molar-refractivity contribution in [3.05, 3.63) is 0 Å². The number of carboxylic acid groups (broad SMARTS) is 2. The highest BCUT2D eigenvalue weighted by Gasteiger charge is 2.39. The van der Waals surface area contributed by atoms with Crippen LogP contribution in [0, 0.1) is 17.8 Å². The SMILES string of the molecule is CCCCCCCCCCCCCCCCCCCCCCC(C(=O)O)C(CCCCCCCCCCCCCCCCCCCCCC)C(NC(=O)C(CC)CCCC)C(=O)O. The third-order valence-corrected chi connectivity index (χ3v) is 14.4. The number of hydrogen-bond acceptors (Lipinski definition) is 3. The molecule has 1 amide bonds. The zero-order chi connectivity index (χ0) is 46.3. The number of rotatable bonds is 52. The molecular weight excluding hydrogens is 779 g/mol. The van der Waals surface area contributed by atoms with Crippen molar-refractivity contribution in [2.75, 3.05) is 0 Å². The first kappa shape index (κ1) is 61.4. The number of hydrogen-bond donors (Lipinski definition) is 3. The summed E-state index contributed by atoms with van der Waals surface area (Å²) in [5.74, 6) is -3.85. The van der Waals surface area contributed by atoms with Crippen LogP contribution in [0.2, 0.25) is 0 Å². The smallest absolute Gasteiger partial charge is 0.326 e. The van der Waals surface area contributed by atoms with E-state index >= 15 is 0 Å². The Morgan fingerprint density at radius 1 is 0.333 bits per heavy atom. The Kier molecular flexibility index (Phi) is 47.1. The largest absolute Gasteiger partial charge is 0.481 e. The molecule has 0 aliphatic carbocycles. The van der Waals surface area contributed by atoms with E-state index in [1.807, 2.05) is 6.92 Å². The van der Waals surface area contributed by atoms with E-state index in [9.17, 15) is 24.6 Å². The summed E-state index contributed by atoms with van der Waals surface area (Å²) in [6.07, 6.45) is 56.4. The van der Waals surface area contributed by atoms with Crippen LogP contribution in [0.15, 0.2) is 0 Å². The maximum absolute atomic E-state index is 13.4. The first-order chi connectivity index (χ1) is 30.8. The number of aliphatic carboxylic acids is 2. The van der Waals surface area contributed by atoms with E-state index in [2.05, 4.69) is 26.1 Å². The van der Waals surface area contributed by atoms with Gasteiger partial charge >= 0.3 is 11.9 Å². The molecule has 63 heavy (non-hydrogen) atoms. The second-order valence-corrected chi connectivity index (χ2v) is 20.2. The van der Waals surface area contributed by atoms with E-state index in [0.29, 0.717) is 19.3 Å². The molecule has 0 fully saturated rings. The minimum absolute atomic E-state index is 0.227. The van der Waals surface area contributed by atoms with Crippen molar-refractivity contribution >= 4 is 17.8 Å². The summed E-state index contributed by atoms with van der Waals surface area (Å²) >= 11 is 0. The Hall–Kier alpha value is -1.59. The van der Waals surface area contributed by atoms with Gasteiger partial charge in [0.15, 0.2) is 0 Å². The molecule has 0 bridgehead atoms. The lowest BCUT2D eigenvalue weighted by Gasteiger charge is -2.31. The van der Waals surface area contributed by atoms with Crippen molar-refractivity contribution in [2.24, 2.45) is 17.8 Å². The Labute approximate surface area is 393 Å². The molecule has 0 rings (SSSR count). The number of unbranched alkanes of at least 4 members (excludes halogenated alkanes) is 39. The molecule has 0 heterocycles. The van der Waals surface area contributed by atoms with Gasteiger partial charge in [0.05, 0.1) is 5.92 Å². The molecule has 0 aromatic carbocycles. The van der Waals surface area contributed by atoms with Crippen molar-refractivity contribution in [1.29, 1.82) is 0 Å². The Bertz CT molecular complexity index is 986. The first-order valence-corrected chi connectivity index (χ1v) is 28.6. The number of amides is 1. The lowest BCUT2D eigenvalue weighted by molar-refractivity contribution is -0.150. The van der Waals surface area contributed by atoms with Crippen molar-refractivity contribution in [2.45, 2.75) is 329 Å². The summed E-state index contributed by atoms with van der Waals surface area (Å²) in [5, 5.41) is 23.8. The van der Waals surface area contributed by atoms with Crippen LogP contribution in [0.5, 0.6) is 0 Å². The third-order valence-electron chi connectivity index (χ3n) is 14.4. The van der Waals surface area contributed by atoms with E-state index < -0.39 is 29.8 Å². The highest BCUT2D eigenvalue weighted by molar-refractivity contribution is 5.85. The number of carbonyl (C=O) groups excluding carboxylic acids is 1. The summed E-state index contributed by atoms with van der Waals surface area (Å²) in [6.45, 7) is 8.64. The highest BCUT2D eigenvalue weighted by Crippen LogP contribution is 2.30. The number of carbonyl (C=O) groups is 3. The molecule has 4 unspecified atom stereocenters. The summed E-state index contributed by atoms with van der Waals surface area (Å²) in [5.41, 5.74) is 0. The van der Waals surface area contributed by atoms with Gasteiger partial charge in [-0.25, -0.2) is 4.79 Å². The summed E-state index contributed by atoms with van der Waals surface area (Å²) < 4.78 is 0. The summed E-state index contributed by atoms with van der Waals surface area (Å²) in [7, 11) is 0. The highest BCUT2D eigenvalue weighted by atomic mass is 16.4. The van der Waals surface area contributed by atoms with Gasteiger partial charge in [-0.15, -0.1) is 0 Å². The van der Waals surface area contributed by atoms with Gasteiger partial charge in [0.2, 0.25) is 5.91 Å². The molecule has 4 atom stereocenters. The second-order valence-electron chi connectivity index (χ2n) is 20.2. The molecule has 0 spiro atoms. The predicted octanol–water partition coefficient (Wildman–Crippen LogP) is 18.5. The van der Waals surface area contributed by atoms with Gasteiger partial charge in [-0.1, -0.05) is 297 Å². The molecular formula is C57H111NO5. The van der Waals surface area contributed by atoms with Crippen LogP contribution in [-0.2, 0) is 14.4 Å².